The van der Waals surface area contributed by atoms with Gasteiger partial charge in [0.15, 0.2) is 0 Å². The van der Waals surface area contributed by atoms with E-state index in [1.807, 2.05) is 13.0 Å². The van der Waals surface area contributed by atoms with Crippen molar-refractivity contribution in [3.63, 3.8) is 0 Å². The van der Waals surface area contributed by atoms with Crippen LogP contribution in [0.15, 0.2) is 12.3 Å². The van der Waals surface area contributed by atoms with Gasteiger partial charge < -0.3 is 10.6 Å². The van der Waals surface area contributed by atoms with Gasteiger partial charge in [0.05, 0.1) is 12.2 Å². The van der Waals surface area contributed by atoms with Gasteiger partial charge in [-0.05, 0) is 18.6 Å². The number of amides is 1. The minimum atomic E-state index is -0.159. The molecule has 0 aliphatic heterocycles. The number of fused-ring (bicyclic) bond motifs is 1. The summed E-state index contributed by atoms with van der Waals surface area (Å²) in [5, 5.41) is 0.861. The number of aromatic nitrogens is 1. The van der Waals surface area contributed by atoms with E-state index in [2.05, 4.69) is 10.9 Å². The molecule has 5 heteroatoms. The van der Waals surface area contributed by atoms with Crippen molar-refractivity contribution < 1.29 is 4.79 Å². The van der Waals surface area contributed by atoms with Crippen LogP contribution in [0.25, 0.3) is 10.2 Å². The highest BCUT2D eigenvalue weighted by Gasteiger charge is 2.20. The molecule has 0 atom stereocenters. The lowest BCUT2D eigenvalue weighted by molar-refractivity contribution is 0.0818. The van der Waals surface area contributed by atoms with Crippen molar-refractivity contribution in [2.45, 2.75) is 6.92 Å². The van der Waals surface area contributed by atoms with Crippen LogP contribution in [0.2, 0.25) is 0 Å². The quantitative estimate of drug-likeness (QED) is 0.838. The van der Waals surface area contributed by atoms with Crippen LogP contribution in [0.3, 0.4) is 0 Å². The Morgan fingerprint density at radius 3 is 3.00 bits per heavy atom. The molecule has 0 radical (unpaired) electrons. The molecular weight excluding hydrogens is 246 g/mol. The van der Waals surface area contributed by atoms with Crippen LogP contribution in [-0.4, -0.2) is 29.4 Å². The van der Waals surface area contributed by atoms with Gasteiger partial charge in [0.25, 0.3) is 5.91 Å². The van der Waals surface area contributed by atoms with Crippen molar-refractivity contribution in [3.05, 3.63) is 22.7 Å². The summed E-state index contributed by atoms with van der Waals surface area (Å²) in [5.41, 5.74) is 7.56. The number of carbonyl (C=O) groups excluding carboxylic acids is 1. The molecule has 0 saturated carbocycles. The molecule has 2 aromatic rings. The van der Waals surface area contributed by atoms with Crippen LogP contribution < -0.4 is 5.73 Å². The lowest BCUT2D eigenvalue weighted by atomic mass is 10.1. The zero-order valence-electron chi connectivity index (χ0n) is 10.2. The van der Waals surface area contributed by atoms with Crippen LogP contribution in [-0.2, 0) is 0 Å². The smallest absolute Gasteiger partial charge is 0.266 e. The Morgan fingerprint density at radius 2 is 2.39 bits per heavy atom. The number of nitrogens with zero attached hydrogens (tertiary/aromatic N) is 2. The molecule has 1 amide bonds. The fourth-order valence-electron chi connectivity index (χ4n) is 1.74. The molecule has 0 spiro atoms. The van der Waals surface area contributed by atoms with Crippen LogP contribution in [0.1, 0.15) is 15.2 Å². The average molecular weight is 259 g/mol. The Kier molecular flexibility index (Phi) is 3.21. The number of hydrogen-bond acceptors (Lipinski definition) is 4. The van der Waals surface area contributed by atoms with E-state index < -0.39 is 0 Å². The van der Waals surface area contributed by atoms with Gasteiger partial charge in [-0.2, -0.15) is 0 Å². The molecule has 0 aliphatic carbocycles. The van der Waals surface area contributed by atoms with E-state index >= 15 is 0 Å². The molecular formula is C13H13N3OS. The zero-order chi connectivity index (χ0) is 13.3. The molecule has 2 N–H and O–H groups in total. The fraction of sp³-hybridized carbons (Fsp3) is 0.231. The van der Waals surface area contributed by atoms with Crippen LogP contribution >= 0.6 is 11.3 Å². The van der Waals surface area contributed by atoms with Gasteiger partial charge >= 0.3 is 0 Å². The van der Waals surface area contributed by atoms with Gasteiger partial charge in [-0.1, -0.05) is 5.92 Å². The Morgan fingerprint density at radius 1 is 1.67 bits per heavy atom. The third-order valence-electron chi connectivity index (χ3n) is 2.71. The predicted octanol–water partition coefficient (Wildman–Crippen LogP) is 1.89. The molecule has 0 bridgehead atoms. The van der Waals surface area contributed by atoms with Crippen molar-refractivity contribution in [3.8, 4) is 12.3 Å². The maximum Gasteiger partial charge on any atom is 0.266 e. The number of aryl methyl sites for hydroxylation is 1. The van der Waals surface area contributed by atoms with E-state index in [0.29, 0.717) is 10.6 Å². The number of carbonyl (C=O) groups is 1. The highest BCUT2D eigenvalue weighted by atomic mass is 32.1. The summed E-state index contributed by atoms with van der Waals surface area (Å²) >= 11 is 1.30. The van der Waals surface area contributed by atoms with Gasteiger partial charge in [-0.15, -0.1) is 17.8 Å². The van der Waals surface area contributed by atoms with E-state index in [1.54, 1.807) is 13.2 Å². The Hall–Kier alpha value is -2.06. The molecule has 2 heterocycles. The van der Waals surface area contributed by atoms with Crippen molar-refractivity contribution in [2.75, 3.05) is 19.3 Å². The van der Waals surface area contributed by atoms with Crippen LogP contribution in [0, 0.1) is 19.3 Å². The summed E-state index contributed by atoms with van der Waals surface area (Å²) in [6.07, 6.45) is 6.91. The number of anilines is 1. The van der Waals surface area contributed by atoms with Crippen molar-refractivity contribution >= 4 is 33.1 Å². The summed E-state index contributed by atoms with van der Waals surface area (Å²) in [6.45, 7) is 2.21. The predicted molar refractivity (Wildman–Crippen MR) is 74.6 cm³/mol. The third kappa shape index (κ3) is 1.91. The number of thiophene rings is 1. The SMILES string of the molecule is C#CCN(C)C(=O)c1sc2nccc(C)c2c1N. The molecule has 2 rings (SSSR count). The summed E-state index contributed by atoms with van der Waals surface area (Å²) in [4.78, 5) is 19.2. The lowest BCUT2D eigenvalue weighted by Gasteiger charge is -2.12. The molecule has 0 saturated heterocycles. The zero-order valence-corrected chi connectivity index (χ0v) is 11.0. The summed E-state index contributed by atoms with van der Waals surface area (Å²) < 4.78 is 0. The molecule has 92 valence electrons. The first-order chi connectivity index (χ1) is 8.56. The number of nitrogen functional groups attached to an aromatic ring is 1. The lowest BCUT2D eigenvalue weighted by Crippen LogP contribution is -2.26. The van der Waals surface area contributed by atoms with Gasteiger partial charge in [0.1, 0.15) is 9.71 Å². The van der Waals surface area contributed by atoms with E-state index in [1.165, 1.54) is 16.2 Å². The molecule has 0 aliphatic rings. The summed E-state index contributed by atoms with van der Waals surface area (Å²) in [5.74, 6) is 2.28. The normalized spacial score (nSPS) is 10.3. The van der Waals surface area contributed by atoms with Gasteiger partial charge in [0, 0.05) is 18.6 Å². The number of pyridine rings is 1. The molecule has 4 nitrogen and oxygen atoms in total. The number of terminal acetylenes is 1. The van der Waals surface area contributed by atoms with Crippen molar-refractivity contribution in [2.24, 2.45) is 0 Å². The third-order valence-corrected chi connectivity index (χ3v) is 3.81. The standard InChI is InChI=1S/C13H13N3OS/c1-4-7-16(3)13(17)11-10(14)9-8(2)5-6-15-12(9)18-11/h1,5-6H,7,14H2,2-3H3. The Labute approximate surface area is 109 Å². The largest absolute Gasteiger partial charge is 0.397 e. The Balaban J connectivity index is 2.54. The van der Waals surface area contributed by atoms with Gasteiger partial charge in [-0.3, -0.25) is 4.79 Å². The maximum atomic E-state index is 12.2. The maximum absolute atomic E-state index is 12.2. The average Bonchev–Trinajstić information content (AvgIpc) is 2.67. The molecule has 0 unspecified atom stereocenters. The van der Waals surface area contributed by atoms with Crippen LogP contribution in [0.4, 0.5) is 5.69 Å². The number of rotatable bonds is 2. The fourth-order valence-corrected chi connectivity index (χ4v) is 2.88. The molecule has 2 aromatic heterocycles. The Bertz CT molecular complexity index is 654. The monoisotopic (exact) mass is 259 g/mol. The first-order valence-corrected chi connectivity index (χ1v) is 6.20. The summed E-state index contributed by atoms with van der Waals surface area (Å²) in [7, 11) is 1.66. The minimum Gasteiger partial charge on any atom is -0.397 e. The number of hydrogen-bond donors (Lipinski definition) is 1. The second-order valence-corrected chi connectivity index (χ2v) is 5.02. The molecule has 0 aromatic carbocycles. The summed E-state index contributed by atoms with van der Waals surface area (Å²) in [6, 6.07) is 1.88. The first-order valence-electron chi connectivity index (χ1n) is 5.38. The van der Waals surface area contributed by atoms with E-state index in [4.69, 9.17) is 12.2 Å². The molecule has 18 heavy (non-hydrogen) atoms. The van der Waals surface area contributed by atoms with E-state index in [-0.39, 0.29) is 12.5 Å². The molecule has 0 fully saturated rings. The van der Waals surface area contributed by atoms with Crippen molar-refractivity contribution in [1.29, 1.82) is 0 Å². The highest BCUT2D eigenvalue weighted by molar-refractivity contribution is 7.21. The van der Waals surface area contributed by atoms with Crippen molar-refractivity contribution in [1.82, 2.24) is 9.88 Å². The van der Waals surface area contributed by atoms with Crippen LogP contribution in [0.5, 0.6) is 0 Å². The number of nitrogens with two attached hydrogens (primary N) is 1. The highest BCUT2D eigenvalue weighted by Crippen LogP contribution is 2.34. The van der Waals surface area contributed by atoms with E-state index in [9.17, 15) is 4.79 Å². The van der Waals surface area contributed by atoms with Gasteiger partial charge in [-0.25, -0.2) is 4.98 Å². The second-order valence-electron chi connectivity index (χ2n) is 4.02. The topological polar surface area (TPSA) is 59.2 Å². The second kappa shape index (κ2) is 4.67. The minimum absolute atomic E-state index is 0.159. The van der Waals surface area contributed by atoms with Gasteiger partial charge in [0.2, 0.25) is 0 Å². The van der Waals surface area contributed by atoms with E-state index in [0.717, 1.165) is 15.8 Å². The first kappa shape index (κ1) is 12.4.